The van der Waals surface area contributed by atoms with E-state index in [0.717, 1.165) is 47.0 Å². The van der Waals surface area contributed by atoms with Gasteiger partial charge in [0, 0.05) is 45.3 Å². The molecule has 1 fully saturated rings. The van der Waals surface area contributed by atoms with E-state index in [-0.39, 0.29) is 24.3 Å². The van der Waals surface area contributed by atoms with Gasteiger partial charge in [-0.15, -0.1) is 11.3 Å². The zero-order valence-corrected chi connectivity index (χ0v) is 21.2. The van der Waals surface area contributed by atoms with Crippen molar-refractivity contribution in [3.8, 4) is 5.75 Å². The van der Waals surface area contributed by atoms with Gasteiger partial charge >= 0.3 is 0 Å². The summed E-state index contributed by atoms with van der Waals surface area (Å²) in [4.78, 5) is 34.0. The quantitative estimate of drug-likeness (QED) is 0.311. The van der Waals surface area contributed by atoms with E-state index in [9.17, 15) is 9.59 Å². The number of aromatic nitrogens is 1. The van der Waals surface area contributed by atoms with Gasteiger partial charge in [0.15, 0.2) is 0 Å². The minimum atomic E-state index is -0.831. The third kappa shape index (κ3) is 5.16. The molecule has 1 aliphatic carbocycles. The van der Waals surface area contributed by atoms with Gasteiger partial charge in [-0.05, 0) is 42.5 Å². The maximum Gasteiger partial charge on any atom is 0.248 e. The zero-order chi connectivity index (χ0) is 24.9. The number of anilines is 1. The number of hydrogen-bond donors (Lipinski definition) is 2. The number of rotatable bonds is 8. The van der Waals surface area contributed by atoms with Crippen molar-refractivity contribution in [3.63, 3.8) is 0 Å². The molecule has 186 valence electrons. The Morgan fingerprint density at radius 1 is 1.08 bits per heavy atom. The molecule has 0 unspecified atom stereocenters. The molecule has 5 rings (SSSR count). The number of benzene rings is 2. The first-order valence-corrected chi connectivity index (χ1v) is 13.4. The molecular formula is C29H31N3O3S. The van der Waals surface area contributed by atoms with Gasteiger partial charge in [0.1, 0.15) is 11.8 Å². The molecule has 2 aromatic carbocycles. The van der Waals surface area contributed by atoms with Crippen LogP contribution in [0.2, 0.25) is 0 Å². The Morgan fingerprint density at radius 3 is 2.69 bits per heavy atom. The highest BCUT2D eigenvalue weighted by molar-refractivity contribution is 7.10. The molecule has 4 aromatic rings. The van der Waals surface area contributed by atoms with Gasteiger partial charge in [0.25, 0.3) is 0 Å². The standard InChI is InChI=1S/C29H31N3O3S/c1-35-22-12-7-11-21(17-22)32(27(33)18-23-13-8-16-36-23)28(29(34)31-20-9-3-2-4-10-20)25-19-30-26-15-6-5-14-24(25)26/h5-8,11-17,19-20,28,30H,2-4,9-10,18H2,1H3,(H,31,34)/t28-/m1/s1. The fraction of sp³-hybridized carbons (Fsp3) is 0.310. The Kier molecular flexibility index (Phi) is 7.37. The number of hydrogen-bond acceptors (Lipinski definition) is 4. The van der Waals surface area contributed by atoms with E-state index in [0.29, 0.717) is 11.4 Å². The monoisotopic (exact) mass is 501 g/mol. The minimum Gasteiger partial charge on any atom is -0.497 e. The van der Waals surface area contributed by atoms with E-state index in [1.807, 2.05) is 72.2 Å². The van der Waals surface area contributed by atoms with Crippen molar-refractivity contribution < 1.29 is 14.3 Å². The molecule has 7 heteroatoms. The number of nitrogens with one attached hydrogen (secondary N) is 2. The van der Waals surface area contributed by atoms with E-state index < -0.39 is 6.04 Å². The number of carbonyl (C=O) groups is 2. The van der Waals surface area contributed by atoms with Crippen LogP contribution in [0, 0.1) is 0 Å². The number of aromatic amines is 1. The number of carbonyl (C=O) groups excluding carboxylic acids is 2. The summed E-state index contributed by atoms with van der Waals surface area (Å²) in [5.41, 5.74) is 2.34. The van der Waals surface area contributed by atoms with Crippen molar-refractivity contribution in [3.05, 3.63) is 82.7 Å². The number of fused-ring (bicyclic) bond motifs is 1. The lowest BCUT2D eigenvalue weighted by atomic mass is 9.94. The molecule has 0 bridgehead atoms. The Morgan fingerprint density at radius 2 is 1.92 bits per heavy atom. The van der Waals surface area contributed by atoms with Crippen LogP contribution in [0.5, 0.6) is 5.75 Å². The van der Waals surface area contributed by atoms with Gasteiger partial charge < -0.3 is 15.0 Å². The van der Waals surface area contributed by atoms with Gasteiger partial charge in [-0.25, -0.2) is 0 Å². The molecular weight excluding hydrogens is 470 g/mol. The molecule has 2 heterocycles. The van der Waals surface area contributed by atoms with Gasteiger partial charge in [-0.2, -0.15) is 0 Å². The Hall–Kier alpha value is -3.58. The molecule has 2 aromatic heterocycles. The number of thiophene rings is 1. The van der Waals surface area contributed by atoms with Crippen molar-refractivity contribution in [1.82, 2.24) is 10.3 Å². The predicted octanol–water partition coefficient (Wildman–Crippen LogP) is 6.00. The van der Waals surface area contributed by atoms with E-state index in [4.69, 9.17) is 4.74 Å². The molecule has 36 heavy (non-hydrogen) atoms. The van der Waals surface area contributed by atoms with Gasteiger partial charge in [0.2, 0.25) is 11.8 Å². The molecule has 1 atom stereocenters. The highest BCUT2D eigenvalue weighted by atomic mass is 32.1. The smallest absolute Gasteiger partial charge is 0.248 e. The van der Waals surface area contributed by atoms with Gasteiger partial charge in [-0.1, -0.05) is 49.6 Å². The van der Waals surface area contributed by atoms with Crippen LogP contribution in [0.25, 0.3) is 10.9 Å². The number of methoxy groups -OCH3 is 1. The average Bonchev–Trinajstić information content (AvgIpc) is 3.57. The lowest BCUT2D eigenvalue weighted by molar-refractivity contribution is -0.127. The number of para-hydroxylation sites is 1. The van der Waals surface area contributed by atoms with Crippen LogP contribution in [-0.2, 0) is 16.0 Å². The van der Waals surface area contributed by atoms with Crippen LogP contribution in [0.1, 0.15) is 48.6 Å². The highest BCUT2D eigenvalue weighted by Crippen LogP contribution is 2.35. The molecule has 2 N–H and O–H groups in total. The summed E-state index contributed by atoms with van der Waals surface area (Å²) in [5.74, 6) is 0.334. The zero-order valence-electron chi connectivity index (χ0n) is 20.4. The van der Waals surface area contributed by atoms with E-state index in [2.05, 4.69) is 10.3 Å². The normalized spacial score (nSPS) is 14.9. The molecule has 0 aliphatic heterocycles. The fourth-order valence-corrected chi connectivity index (χ4v) is 5.79. The first-order chi connectivity index (χ1) is 17.6. The summed E-state index contributed by atoms with van der Waals surface area (Å²) in [7, 11) is 1.60. The van der Waals surface area contributed by atoms with E-state index >= 15 is 0 Å². The molecule has 1 saturated carbocycles. The number of nitrogens with zero attached hydrogens (tertiary/aromatic N) is 1. The molecule has 6 nitrogen and oxygen atoms in total. The van der Waals surface area contributed by atoms with Crippen molar-refractivity contribution >= 4 is 39.7 Å². The van der Waals surface area contributed by atoms with Gasteiger partial charge in [-0.3, -0.25) is 14.5 Å². The molecule has 0 spiro atoms. The van der Waals surface area contributed by atoms with Crippen LogP contribution < -0.4 is 15.0 Å². The maximum atomic E-state index is 14.1. The molecule has 0 radical (unpaired) electrons. The summed E-state index contributed by atoms with van der Waals surface area (Å²) in [6, 6.07) is 18.5. The second kappa shape index (κ2) is 11.0. The SMILES string of the molecule is COc1cccc(N(C(=O)Cc2cccs2)[C@@H](C(=O)NC2CCCCC2)c2c[nH]c3ccccc23)c1. The Balaban J connectivity index is 1.61. The maximum absolute atomic E-state index is 14.1. The van der Waals surface area contributed by atoms with Crippen molar-refractivity contribution in [2.24, 2.45) is 0 Å². The van der Waals surface area contributed by atoms with Gasteiger partial charge in [0.05, 0.1) is 13.5 Å². The summed E-state index contributed by atoms with van der Waals surface area (Å²) in [5, 5.41) is 6.18. The van der Waals surface area contributed by atoms with E-state index in [1.165, 1.54) is 6.42 Å². The summed E-state index contributed by atoms with van der Waals surface area (Å²) in [6.45, 7) is 0. The topological polar surface area (TPSA) is 74.4 Å². The Labute approximate surface area is 215 Å². The Bertz CT molecular complexity index is 1320. The molecule has 1 aliphatic rings. The molecule has 2 amide bonds. The van der Waals surface area contributed by atoms with Crippen molar-refractivity contribution in [1.29, 1.82) is 0 Å². The van der Waals surface area contributed by atoms with Crippen LogP contribution in [-0.4, -0.2) is 29.9 Å². The number of H-pyrrole nitrogens is 1. The van der Waals surface area contributed by atoms with E-state index in [1.54, 1.807) is 23.3 Å². The lowest BCUT2D eigenvalue weighted by Gasteiger charge is -2.33. The first-order valence-electron chi connectivity index (χ1n) is 12.5. The second-order valence-electron chi connectivity index (χ2n) is 9.26. The van der Waals surface area contributed by atoms with Crippen molar-refractivity contribution in [2.45, 2.75) is 50.6 Å². The number of amides is 2. The first kappa shape index (κ1) is 24.1. The lowest BCUT2D eigenvalue weighted by Crippen LogP contribution is -2.47. The summed E-state index contributed by atoms with van der Waals surface area (Å²) >= 11 is 1.54. The van der Waals surface area contributed by atoms with Crippen LogP contribution in [0.15, 0.2) is 72.2 Å². The number of ether oxygens (including phenoxy) is 1. The second-order valence-corrected chi connectivity index (χ2v) is 10.3. The fourth-order valence-electron chi connectivity index (χ4n) is 5.09. The highest BCUT2D eigenvalue weighted by Gasteiger charge is 2.35. The van der Waals surface area contributed by atoms with Crippen LogP contribution in [0.4, 0.5) is 5.69 Å². The third-order valence-electron chi connectivity index (χ3n) is 6.88. The molecule has 0 saturated heterocycles. The average molecular weight is 502 g/mol. The van der Waals surface area contributed by atoms with Crippen LogP contribution >= 0.6 is 11.3 Å². The third-order valence-corrected chi connectivity index (χ3v) is 7.76. The largest absolute Gasteiger partial charge is 0.497 e. The predicted molar refractivity (Wildman–Crippen MR) is 145 cm³/mol. The summed E-state index contributed by atoms with van der Waals surface area (Å²) in [6.07, 6.45) is 7.43. The minimum absolute atomic E-state index is 0.124. The van der Waals surface area contributed by atoms with Crippen molar-refractivity contribution in [2.75, 3.05) is 12.0 Å². The van der Waals surface area contributed by atoms with Crippen LogP contribution in [0.3, 0.4) is 0 Å². The summed E-state index contributed by atoms with van der Waals surface area (Å²) < 4.78 is 5.47.